The lowest BCUT2D eigenvalue weighted by Crippen LogP contribution is -2.37. The van der Waals surface area contributed by atoms with Crippen molar-refractivity contribution in [3.05, 3.63) is 53.8 Å². The molecule has 3 aromatic rings. The van der Waals surface area contributed by atoms with Crippen LogP contribution < -0.4 is 10.6 Å². The van der Waals surface area contributed by atoms with Crippen LogP contribution in [0.15, 0.2) is 47.5 Å². The number of phenolic OH excluding ortho intramolecular Hbond substituents is 1. The Morgan fingerprint density at radius 3 is 2.79 bits per heavy atom. The Kier molecular flexibility index (Phi) is 5.27. The highest BCUT2D eigenvalue weighted by atomic mass is 19.1. The number of hydrogen-bond acceptors (Lipinski definition) is 5. The van der Waals surface area contributed by atoms with Gasteiger partial charge < -0.3 is 15.5 Å². The van der Waals surface area contributed by atoms with Gasteiger partial charge in [0.1, 0.15) is 11.6 Å². The largest absolute Gasteiger partial charge is 0.508 e. The first kappa shape index (κ1) is 19.3. The third-order valence-corrected chi connectivity index (χ3v) is 3.73. The van der Waals surface area contributed by atoms with E-state index < -0.39 is 17.3 Å². The van der Waals surface area contributed by atoms with Gasteiger partial charge in [-0.05, 0) is 50.2 Å². The third kappa shape index (κ3) is 4.83. The summed E-state index contributed by atoms with van der Waals surface area (Å²) in [5.74, 6) is -0.579. The molecule has 0 spiro atoms. The van der Waals surface area contributed by atoms with E-state index in [-0.39, 0.29) is 23.8 Å². The predicted molar refractivity (Wildman–Crippen MR) is 104 cm³/mol. The molecular weight excluding hydrogens is 365 g/mol. The van der Waals surface area contributed by atoms with Crippen LogP contribution in [0.3, 0.4) is 0 Å². The molecule has 0 aliphatic heterocycles. The number of H-pyrrole nitrogens is 1. The van der Waals surface area contributed by atoms with E-state index in [4.69, 9.17) is 0 Å². The van der Waals surface area contributed by atoms with E-state index in [1.165, 1.54) is 30.3 Å². The average molecular weight is 385 g/mol. The first-order chi connectivity index (χ1) is 13.2. The van der Waals surface area contributed by atoms with Crippen LogP contribution in [0.4, 0.5) is 10.2 Å². The zero-order chi connectivity index (χ0) is 20.3. The number of benzene rings is 2. The maximum absolute atomic E-state index is 13.4. The van der Waals surface area contributed by atoms with E-state index >= 15 is 0 Å². The predicted octanol–water partition coefficient (Wildman–Crippen LogP) is 2.38. The first-order valence-electron chi connectivity index (χ1n) is 8.49. The second-order valence-corrected chi connectivity index (χ2v) is 6.87. The van der Waals surface area contributed by atoms with Gasteiger partial charge in [0.25, 0.3) is 5.91 Å². The lowest BCUT2D eigenvalue weighted by atomic mass is 10.1. The molecule has 0 aliphatic carbocycles. The van der Waals surface area contributed by atoms with Gasteiger partial charge >= 0.3 is 0 Å². The Hall–Kier alpha value is -3.46. The molecule has 0 radical (unpaired) electrons. The highest BCUT2D eigenvalue weighted by Crippen LogP contribution is 2.21. The van der Waals surface area contributed by atoms with Crippen molar-refractivity contribution in [1.82, 2.24) is 15.5 Å². The van der Waals surface area contributed by atoms with Crippen LogP contribution in [-0.2, 0) is 0 Å². The smallest absolute Gasteiger partial charge is 0.258 e. The summed E-state index contributed by atoms with van der Waals surface area (Å²) in [4.78, 5) is 16.7. The Morgan fingerprint density at radius 2 is 2.07 bits per heavy atom. The topological polar surface area (TPSA) is 123 Å². The molecule has 8 nitrogen and oxygen atoms in total. The maximum atomic E-state index is 13.4. The number of aromatic amines is 1. The maximum Gasteiger partial charge on any atom is 0.258 e. The number of hydrogen-bond donors (Lipinski definition) is 5. The first-order valence-corrected chi connectivity index (χ1v) is 8.49. The number of carbonyl (C=O) groups excluding carboxylic acids is 1. The highest BCUT2D eigenvalue weighted by Gasteiger charge is 2.16. The quantitative estimate of drug-likeness (QED) is 0.349. The van der Waals surface area contributed by atoms with E-state index in [9.17, 15) is 19.4 Å². The monoisotopic (exact) mass is 385 g/mol. The van der Waals surface area contributed by atoms with Gasteiger partial charge in [-0.2, -0.15) is 5.10 Å². The van der Waals surface area contributed by atoms with Crippen LogP contribution in [0.1, 0.15) is 24.2 Å². The van der Waals surface area contributed by atoms with Crippen molar-refractivity contribution in [2.75, 3.05) is 11.9 Å². The van der Waals surface area contributed by atoms with E-state index in [1.54, 1.807) is 26.0 Å². The minimum Gasteiger partial charge on any atom is -0.508 e. The molecule has 1 amide bonds. The number of guanidine groups is 1. The Balaban J connectivity index is 1.87. The number of aromatic nitrogens is 2. The second kappa shape index (κ2) is 7.65. The molecule has 3 rings (SSSR count). The summed E-state index contributed by atoms with van der Waals surface area (Å²) in [5.41, 5.74) is -0.394. The van der Waals surface area contributed by atoms with E-state index in [0.29, 0.717) is 16.7 Å². The molecule has 0 unspecified atom stereocenters. The van der Waals surface area contributed by atoms with Gasteiger partial charge in [-0.3, -0.25) is 15.2 Å². The van der Waals surface area contributed by atoms with E-state index in [0.717, 1.165) is 0 Å². The van der Waals surface area contributed by atoms with Crippen LogP contribution in [0.5, 0.6) is 5.75 Å². The molecule has 0 saturated heterocycles. The molecule has 1 aromatic heterocycles. The summed E-state index contributed by atoms with van der Waals surface area (Å²) in [7, 11) is 0. The van der Waals surface area contributed by atoms with Crippen molar-refractivity contribution in [3.63, 3.8) is 0 Å². The average Bonchev–Trinajstić information content (AvgIpc) is 3.00. The molecule has 5 N–H and O–H groups in total. The fraction of sp³-hybridized carbons (Fsp3) is 0.211. The minimum atomic E-state index is -1.10. The molecule has 28 heavy (non-hydrogen) atoms. The molecular formula is C19H20FN5O3. The van der Waals surface area contributed by atoms with Gasteiger partial charge in [-0.25, -0.2) is 9.38 Å². The van der Waals surface area contributed by atoms with Crippen LogP contribution in [0, 0.1) is 5.82 Å². The highest BCUT2D eigenvalue weighted by molar-refractivity contribution is 6.11. The van der Waals surface area contributed by atoms with E-state index in [1.807, 2.05) is 0 Å². The van der Waals surface area contributed by atoms with Gasteiger partial charge in [0.15, 0.2) is 5.82 Å². The van der Waals surface area contributed by atoms with Crippen molar-refractivity contribution in [2.45, 2.75) is 19.4 Å². The van der Waals surface area contributed by atoms with Crippen LogP contribution >= 0.6 is 0 Å². The second-order valence-electron chi connectivity index (χ2n) is 6.87. The molecule has 0 fully saturated rings. The van der Waals surface area contributed by atoms with Gasteiger partial charge in [-0.15, -0.1) is 0 Å². The number of amides is 1. The number of phenols is 1. The third-order valence-electron chi connectivity index (χ3n) is 3.73. The van der Waals surface area contributed by atoms with Crippen LogP contribution in [0.25, 0.3) is 10.9 Å². The summed E-state index contributed by atoms with van der Waals surface area (Å²) < 4.78 is 13.4. The number of carbonyl (C=O) groups is 1. The van der Waals surface area contributed by atoms with Crippen molar-refractivity contribution < 1.29 is 19.4 Å². The van der Waals surface area contributed by atoms with Crippen LogP contribution in [-0.4, -0.2) is 44.4 Å². The fourth-order valence-corrected chi connectivity index (χ4v) is 2.41. The molecule has 9 heteroatoms. The molecule has 0 atom stereocenters. The molecule has 146 valence electrons. The number of fused-ring (bicyclic) bond motifs is 1. The number of aromatic hydroxyl groups is 1. The number of nitrogens with zero attached hydrogens (tertiary/aromatic N) is 2. The standard InChI is InChI=1S/C19H20FN5O3/c1-19(2,28)10-21-18(23-17(27)11-4-3-5-13(26)8-11)22-16-14-7-6-12(20)9-15(14)24-25-16/h3-9,26,28H,10H2,1-2H3,(H3,21,22,23,24,25,27). The molecule has 0 saturated carbocycles. The lowest BCUT2D eigenvalue weighted by molar-refractivity contribution is 0.0897. The number of nitrogens with one attached hydrogen (secondary N) is 3. The minimum absolute atomic E-state index is 0.00658. The van der Waals surface area contributed by atoms with Gasteiger partial charge in [-0.1, -0.05) is 6.07 Å². The summed E-state index contributed by atoms with van der Waals surface area (Å²) >= 11 is 0. The Bertz CT molecular complexity index is 1040. The number of aliphatic hydroxyl groups is 1. The summed E-state index contributed by atoms with van der Waals surface area (Å²) in [5, 5.41) is 32.4. The van der Waals surface area contributed by atoms with Gasteiger partial charge in [0.05, 0.1) is 17.7 Å². The molecule has 0 aliphatic rings. The summed E-state index contributed by atoms with van der Waals surface area (Å²) in [6.45, 7) is 3.17. The zero-order valence-electron chi connectivity index (χ0n) is 15.3. The van der Waals surface area contributed by atoms with Crippen molar-refractivity contribution in [2.24, 2.45) is 4.99 Å². The van der Waals surface area contributed by atoms with Crippen LogP contribution in [0.2, 0.25) is 0 Å². The molecule has 1 heterocycles. The Labute approximate surface area is 160 Å². The zero-order valence-corrected chi connectivity index (χ0v) is 15.3. The summed E-state index contributed by atoms with van der Waals surface area (Å²) in [6, 6.07) is 9.98. The van der Waals surface area contributed by atoms with Crippen molar-refractivity contribution in [3.8, 4) is 5.75 Å². The number of aliphatic imine (C=N–C) groups is 1. The van der Waals surface area contributed by atoms with Gasteiger partial charge in [0.2, 0.25) is 5.96 Å². The number of anilines is 1. The Morgan fingerprint density at radius 1 is 1.29 bits per heavy atom. The fourth-order valence-electron chi connectivity index (χ4n) is 2.41. The molecule has 2 aromatic carbocycles. The molecule has 0 bridgehead atoms. The van der Waals surface area contributed by atoms with Crippen molar-refractivity contribution >= 4 is 28.6 Å². The normalized spacial score (nSPS) is 12.2. The van der Waals surface area contributed by atoms with Gasteiger partial charge in [0, 0.05) is 10.9 Å². The van der Waals surface area contributed by atoms with E-state index in [2.05, 4.69) is 25.8 Å². The number of rotatable bonds is 4. The number of halogens is 1. The van der Waals surface area contributed by atoms with Crippen molar-refractivity contribution in [1.29, 1.82) is 0 Å². The lowest BCUT2D eigenvalue weighted by Gasteiger charge is -2.16. The SMILES string of the molecule is CC(C)(O)CN=C(NC(=O)c1cccc(O)c1)Nc1n[nH]c2cc(F)ccc12. The summed E-state index contributed by atoms with van der Waals surface area (Å²) in [6.07, 6.45) is 0.